The van der Waals surface area contributed by atoms with Gasteiger partial charge in [-0.1, -0.05) is 30.3 Å². The van der Waals surface area contributed by atoms with Crippen molar-refractivity contribution >= 4 is 12.0 Å². The average Bonchev–Trinajstić information content (AvgIpc) is 2.47. The molecule has 1 heterocycles. The van der Waals surface area contributed by atoms with E-state index in [-0.39, 0.29) is 12.2 Å². The van der Waals surface area contributed by atoms with Crippen molar-refractivity contribution in [2.75, 3.05) is 0 Å². The molecule has 14 heavy (non-hydrogen) atoms. The van der Waals surface area contributed by atoms with Gasteiger partial charge in [-0.3, -0.25) is 0 Å². The van der Waals surface area contributed by atoms with Gasteiger partial charge in [-0.25, -0.2) is 4.79 Å². The predicted octanol–water partition coefficient (Wildman–Crippen LogP) is 1.52. The second kappa shape index (κ2) is 3.54. The van der Waals surface area contributed by atoms with Gasteiger partial charge in [-0.2, -0.15) is 0 Å². The van der Waals surface area contributed by atoms with Crippen LogP contribution in [0.5, 0.6) is 0 Å². The lowest BCUT2D eigenvalue weighted by Gasteiger charge is -1.98. The molecule has 0 spiro atoms. The van der Waals surface area contributed by atoms with E-state index in [1.807, 2.05) is 30.3 Å². The Kier molecular flexibility index (Phi) is 2.23. The monoisotopic (exact) mass is 189 g/mol. The summed E-state index contributed by atoms with van der Waals surface area (Å²) in [5, 5.41) is 2.94. The molecule has 0 amide bonds. The topological polar surface area (TPSA) is 38.3 Å². The van der Waals surface area contributed by atoms with E-state index >= 15 is 0 Å². The molecule has 0 aliphatic carbocycles. The summed E-state index contributed by atoms with van der Waals surface area (Å²) in [7, 11) is 0. The highest BCUT2D eigenvalue weighted by Crippen LogP contribution is 2.12. The number of carbonyl (C=O) groups is 1. The number of benzene rings is 1. The first-order chi connectivity index (χ1) is 6.75. The molecule has 0 radical (unpaired) electrons. The number of rotatable bonds is 1. The van der Waals surface area contributed by atoms with Crippen molar-refractivity contribution < 1.29 is 9.53 Å². The third kappa shape index (κ3) is 1.76. The average molecular weight is 189 g/mol. The van der Waals surface area contributed by atoms with E-state index in [2.05, 4.69) is 5.32 Å². The van der Waals surface area contributed by atoms with Gasteiger partial charge in [0, 0.05) is 0 Å². The highest BCUT2D eigenvalue weighted by atomic mass is 16.6. The third-order valence-corrected chi connectivity index (χ3v) is 1.97. The molecular formula is C11H11NO2. The van der Waals surface area contributed by atoms with E-state index < -0.39 is 0 Å². The lowest BCUT2D eigenvalue weighted by atomic mass is 10.2. The van der Waals surface area contributed by atoms with E-state index in [1.54, 1.807) is 13.0 Å². The maximum atomic E-state index is 11.2. The fourth-order valence-electron chi connectivity index (χ4n) is 1.35. The zero-order valence-electron chi connectivity index (χ0n) is 7.86. The van der Waals surface area contributed by atoms with E-state index in [1.165, 1.54) is 0 Å². The molecule has 3 heteroatoms. The SMILES string of the molecule is CC1N/C(=C/c2ccccc2)C(=O)O1. The molecule has 2 rings (SSSR count). The van der Waals surface area contributed by atoms with Crippen molar-refractivity contribution in [3.05, 3.63) is 41.6 Å². The standard InChI is InChI=1S/C11H11NO2/c1-8-12-10(11(13)14-8)7-9-5-3-2-4-6-9/h2-8,12H,1H3/b10-7+. The van der Waals surface area contributed by atoms with Crippen molar-refractivity contribution in [3.8, 4) is 0 Å². The summed E-state index contributed by atoms with van der Waals surface area (Å²) < 4.78 is 4.93. The fourth-order valence-corrected chi connectivity index (χ4v) is 1.35. The maximum absolute atomic E-state index is 11.2. The smallest absolute Gasteiger partial charge is 0.356 e. The minimum atomic E-state index is -0.290. The Morgan fingerprint density at radius 3 is 2.64 bits per heavy atom. The quantitative estimate of drug-likeness (QED) is 0.537. The van der Waals surface area contributed by atoms with Gasteiger partial charge in [0.2, 0.25) is 0 Å². The summed E-state index contributed by atoms with van der Waals surface area (Å²) in [5.74, 6) is -0.290. The summed E-state index contributed by atoms with van der Waals surface area (Å²) in [4.78, 5) is 11.2. The van der Waals surface area contributed by atoms with Crippen LogP contribution in [-0.4, -0.2) is 12.2 Å². The molecule has 1 N–H and O–H groups in total. The molecule has 1 atom stereocenters. The van der Waals surface area contributed by atoms with Crippen molar-refractivity contribution in [2.45, 2.75) is 13.2 Å². The Hall–Kier alpha value is -1.77. The molecular weight excluding hydrogens is 178 g/mol. The summed E-state index contributed by atoms with van der Waals surface area (Å²) in [6.45, 7) is 1.80. The number of hydrogen-bond acceptors (Lipinski definition) is 3. The van der Waals surface area contributed by atoms with Gasteiger partial charge in [0.05, 0.1) is 0 Å². The third-order valence-electron chi connectivity index (χ3n) is 1.97. The number of hydrogen-bond donors (Lipinski definition) is 1. The largest absolute Gasteiger partial charge is 0.437 e. The van der Waals surface area contributed by atoms with Crippen LogP contribution in [-0.2, 0) is 9.53 Å². The molecule has 1 aromatic rings. The molecule has 0 saturated carbocycles. The molecule has 0 aromatic heterocycles. The van der Waals surface area contributed by atoms with Crippen molar-refractivity contribution in [3.63, 3.8) is 0 Å². The van der Waals surface area contributed by atoms with Crippen LogP contribution in [0.1, 0.15) is 12.5 Å². The van der Waals surface area contributed by atoms with Crippen LogP contribution in [0, 0.1) is 0 Å². The Morgan fingerprint density at radius 2 is 2.07 bits per heavy atom. The number of nitrogens with one attached hydrogen (secondary N) is 1. The van der Waals surface area contributed by atoms with Crippen LogP contribution in [0.2, 0.25) is 0 Å². The zero-order valence-corrected chi connectivity index (χ0v) is 7.86. The summed E-state index contributed by atoms with van der Waals surface area (Å²) >= 11 is 0. The predicted molar refractivity (Wildman–Crippen MR) is 53.1 cm³/mol. The van der Waals surface area contributed by atoms with Crippen LogP contribution in [0.4, 0.5) is 0 Å². The van der Waals surface area contributed by atoms with Crippen molar-refractivity contribution in [2.24, 2.45) is 0 Å². The summed E-state index contributed by atoms with van der Waals surface area (Å²) in [6.07, 6.45) is 1.56. The van der Waals surface area contributed by atoms with Crippen LogP contribution in [0.15, 0.2) is 36.0 Å². The summed E-state index contributed by atoms with van der Waals surface area (Å²) in [6, 6.07) is 9.66. The first kappa shape index (κ1) is 8.81. The number of ether oxygens (including phenoxy) is 1. The molecule has 1 aromatic carbocycles. The number of carbonyl (C=O) groups excluding carboxylic acids is 1. The maximum Gasteiger partial charge on any atom is 0.356 e. The van der Waals surface area contributed by atoms with Gasteiger partial charge in [0.15, 0.2) is 6.23 Å². The summed E-state index contributed by atoms with van der Waals surface area (Å²) in [5.41, 5.74) is 1.50. The second-order valence-electron chi connectivity index (χ2n) is 3.16. The Labute approximate surface area is 82.4 Å². The number of cyclic esters (lactones) is 1. The molecule has 72 valence electrons. The molecule has 1 fully saturated rings. The van der Waals surface area contributed by atoms with Gasteiger partial charge < -0.3 is 10.1 Å². The van der Waals surface area contributed by atoms with Crippen LogP contribution in [0.25, 0.3) is 6.08 Å². The van der Waals surface area contributed by atoms with Crippen LogP contribution < -0.4 is 5.32 Å². The van der Waals surface area contributed by atoms with Gasteiger partial charge in [0.1, 0.15) is 5.70 Å². The number of esters is 1. The highest BCUT2D eigenvalue weighted by Gasteiger charge is 2.23. The van der Waals surface area contributed by atoms with Gasteiger partial charge in [-0.15, -0.1) is 0 Å². The minimum absolute atomic E-state index is 0.225. The fraction of sp³-hybridized carbons (Fsp3) is 0.182. The second-order valence-corrected chi connectivity index (χ2v) is 3.16. The van der Waals surface area contributed by atoms with E-state index in [0.29, 0.717) is 5.70 Å². The molecule has 3 nitrogen and oxygen atoms in total. The Balaban J connectivity index is 2.23. The Bertz CT molecular complexity index is 370. The molecule has 1 aliphatic heterocycles. The van der Waals surface area contributed by atoms with E-state index in [9.17, 15) is 4.79 Å². The molecule has 1 unspecified atom stereocenters. The molecule has 0 bridgehead atoms. The lowest BCUT2D eigenvalue weighted by molar-refractivity contribution is -0.138. The van der Waals surface area contributed by atoms with Gasteiger partial charge >= 0.3 is 5.97 Å². The van der Waals surface area contributed by atoms with E-state index in [4.69, 9.17) is 4.74 Å². The van der Waals surface area contributed by atoms with Crippen LogP contribution >= 0.6 is 0 Å². The molecule has 1 aliphatic rings. The van der Waals surface area contributed by atoms with E-state index in [0.717, 1.165) is 5.56 Å². The lowest BCUT2D eigenvalue weighted by Crippen LogP contribution is -2.16. The van der Waals surface area contributed by atoms with Gasteiger partial charge in [0.25, 0.3) is 0 Å². The van der Waals surface area contributed by atoms with Crippen molar-refractivity contribution in [1.82, 2.24) is 5.32 Å². The highest BCUT2D eigenvalue weighted by molar-refractivity contribution is 5.94. The molecule has 1 saturated heterocycles. The zero-order chi connectivity index (χ0) is 9.97. The van der Waals surface area contributed by atoms with Crippen LogP contribution in [0.3, 0.4) is 0 Å². The first-order valence-electron chi connectivity index (χ1n) is 4.50. The first-order valence-corrected chi connectivity index (χ1v) is 4.50. The van der Waals surface area contributed by atoms with Crippen molar-refractivity contribution in [1.29, 1.82) is 0 Å². The Morgan fingerprint density at radius 1 is 1.36 bits per heavy atom. The van der Waals surface area contributed by atoms with Gasteiger partial charge in [-0.05, 0) is 18.6 Å². The normalized spacial score (nSPS) is 23.4. The minimum Gasteiger partial charge on any atom is -0.437 e.